The lowest BCUT2D eigenvalue weighted by atomic mass is 10.2. The quantitative estimate of drug-likeness (QED) is 0.363. The first-order valence-corrected chi connectivity index (χ1v) is 11.1. The average Bonchev–Trinajstić information content (AvgIpc) is 3.36. The van der Waals surface area contributed by atoms with E-state index in [4.69, 9.17) is 16.0 Å². The Hall–Kier alpha value is -3.61. The lowest BCUT2D eigenvalue weighted by Crippen LogP contribution is -2.17. The molecule has 7 nitrogen and oxygen atoms in total. The molecule has 0 radical (unpaired) electrons. The highest BCUT2D eigenvalue weighted by Gasteiger charge is 2.21. The van der Waals surface area contributed by atoms with E-state index in [9.17, 15) is 14.4 Å². The molecule has 166 valence electrons. The van der Waals surface area contributed by atoms with Crippen LogP contribution >= 0.6 is 23.4 Å². The predicted molar refractivity (Wildman–Crippen MR) is 124 cm³/mol. The summed E-state index contributed by atoms with van der Waals surface area (Å²) in [6.45, 7) is 3.63. The number of anilines is 1. The Morgan fingerprint density at radius 1 is 1.24 bits per heavy atom. The van der Waals surface area contributed by atoms with E-state index < -0.39 is 0 Å². The fourth-order valence-electron chi connectivity index (χ4n) is 3.28. The summed E-state index contributed by atoms with van der Waals surface area (Å²) in [5, 5.41) is 21.2. The third kappa shape index (κ3) is 4.77. The molecule has 0 spiro atoms. The summed E-state index contributed by atoms with van der Waals surface area (Å²) in [5.41, 5.74) is 3.14. The Labute approximate surface area is 198 Å². The molecule has 0 saturated heterocycles. The van der Waals surface area contributed by atoms with Gasteiger partial charge in [0.1, 0.15) is 17.7 Å². The number of amides is 1. The molecule has 0 bridgehead atoms. The number of nitrogens with zero attached hydrogens (tertiary/aromatic N) is 4. The summed E-state index contributed by atoms with van der Waals surface area (Å²) in [5.74, 6) is -0.132. The van der Waals surface area contributed by atoms with Crippen molar-refractivity contribution in [1.82, 2.24) is 14.8 Å². The van der Waals surface area contributed by atoms with Gasteiger partial charge in [0, 0.05) is 22.0 Å². The van der Waals surface area contributed by atoms with Gasteiger partial charge >= 0.3 is 0 Å². The molecule has 0 aliphatic rings. The first-order chi connectivity index (χ1) is 15.9. The molecule has 4 aromatic rings. The number of hydrogen-bond acceptors (Lipinski definition) is 6. The number of rotatable bonds is 6. The van der Waals surface area contributed by atoms with Crippen LogP contribution in [0.25, 0.3) is 17.1 Å². The van der Waals surface area contributed by atoms with Crippen LogP contribution in [0, 0.1) is 31.0 Å². The number of carbonyl (C=O) groups excluding carboxylic acids is 1. The van der Waals surface area contributed by atoms with Crippen LogP contribution in [0.3, 0.4) is 0 Å². The Morgan fingerprint density at radius 2 is 2.00 bits per heavy atom. The topological polar surface area (TPSA) is 96.7 Å². The third-order valence-corrected chi connectivity index (χ3v) is 6.03. The van der Waals surface area contributed by atoms with Gasteiger partial charge in [0.2, 0.25) is 11.8 Å². The molecule has 33 heavy (non-hydrogen) atoms. The summed E-state index contributed by atoms with van der Waals surface area (Å²) in [4.78, 5) is 12.7. The number of halogens is 2. The molecule has 4 rings (SSSR count). The number of nitrogens with one attached hydrogen (secondary N) is 1. The molecule has 2 heterocycles. The van der Waals surface area contributed by atoms with Gasteiger partial charge in [-0.1, -0.05) is 29.4 Å². The average molecular weight is 482 g/mol. The van der Waals surface area contributed by atoms with Crippen LogP contribution in [-0.4, -0.2) is 26.4 Å². The monoisotopic (exact) mass is 481 g/mol. The van der Waals surface area contributed by atoms with Gasteiger partial charge in [0.25, 0.3) is 5.22 Å². The van der Waals surface area contributed by atoms with Crippen molar-refractivity contribution in [2.24, 2.45) is 0 Å². The van der Waals surface area contributed by atoms with Gasteiger partial charge in [-0.05, 0) is 61.9 Å². The molecule has 2 aromatic carbocycles. The molecule has 0 unspecified atom stereocenters. The van der Waals surface area contributed by atoms with Gasteiger partial charge in [0.05, 0.1) is 11.3 Å². The van der Waals surface area contributed by atoms with E-state index in [1.165, 1.54) is 12.1 Å². The number of aromatic nitrogens is 3. The lowest BCUT2D eigenvalue weighted by Gasteiger charge is -2.13. The molecule has 0 aliphatic heterocycles. The van der Waals surface area contributed by atoms with E-state index in [-0.39, 0.29) is 22.7 Å². The second kappa shape index (κ2) is 9.48. The normalized spacial score (nSPS) is 10.8. The van der Waals surface area contributed by atoms with Crippen molar-refractivity contribution in [1.29, 1.82) is 5.26 Å². The number of thioether (sulfide) groups is 1. The fourth-order valence-corrected chi connectivity index (χ4v) is 4.03. The second-order valence-electron chi connectivity index (χ2n) is 7.08. The smallest absolute Gasteiger partial charge is 0.277 e. The second-order valence-corrected chi connectivity index (χ2v) is 8.44. The van der Waals surface area contributed by atoms with Crippen molar-refractivity contribution in [2.45, 2.75) is 19.1 Å². The zero-order valence-corrected chi connectivity index (χ0v) is 19.2. The summed E-state index contributed by atoms with van der Waals surface area (Å²) in [7, 11) is 0. The van der Waals surface area contributed by atoms with Gasteiger partial charge in [0.15, 0.2) is 0 Å². The van der Waals surface area contributed by atoms with E-state index >= 15 is 0 Å². The van der Waals surface area contributed by atoms with Crippen LogP contribution < -0.4 is 5.32 Å². The number of nitriles is 1. The van der Waals surface area contributed by atoms with Gasteiger partial charge in [-0.2, -0.15) is 5.26 Å². The van der Waals surface area contributed by atoms with Crippen molar-refractivity contribution in [3.05, 3.63) is 76.2 Å². The first-order valence-electron chi connectivity index (χ1n) is 9.77. The van der Waals surface area contributed by atoms with Crippen LogP contribution in [0.5, 0.6) is 0 Å². The maximum Gasteiger partial charge on any atom is 0.277 e. The number of hydrogen-bond donors (Lipinski definition) is 1. The summed E-state index contributed by atoms with van der Waals surface area (Å²) >= 11 is 7.06. The molecule has 10 heteroatoms. The zero-order valence-electron chi connectivity index (χ0n) is 17.6. The van der Waals surface area contributed by atoms with Crippen LogP contribution in [0.4, 0.5) is 10.2 Å². The standard InChI is InChI=1S/C23H17ClFN5O2S/c1-13-14(2)30(18-8-6-17(25)7-9-18)21(19(13)11-26)27-20(31)12-33-23-29-28-22(32-23)15-4-3-5-16(24)10-15/h3-10H,12H2,1-2H3,(H,27,31). The van der Waals surface area contributed by atoms with Gasteiger partial charge in [-0.3, -0.25) is 9.36 Å². The minimum Gasteiger partial charge on any atom is -0.411 e. The lowest BCUT2D eigenvalue weighted by molar-refractivity contribution is -0.113. The SMILES string of the molecule is Cc1c(C#N)c(NC(=O)CSc2nnc(-c3cccc(Cl)c3)o2)n(-c2ccc(F)cc2)c1C. The minimum atomic E-state index is -0.375. The number of benzene rings is 2. The maximum atomic E-state index is 13.4. The highest BCUT2D eigenvalue weighted by Crippen LogP contribution is 2.31. The van der Waals surface area contributed by atoms with Crippen molar-refractivity contribution in [2.75, 3.05) is 11.1 Å². The fraction of sp³-hybridized carbons (Fsp3) is 0.130. The van der Waals surface area contributed by atoms with Crippen molar-refractivity contribution >= 4 is 35.1 Å². The minimum absolute atomic E-state index is 0.0191. The molecule has 1 N–H and O–H groups in total. The largest absolute Gasteiger partial charge is 0.411 e. The molecule has 0 saturated carbocycles. The Kier molecular flexibility index (Phi) is 6.49. The highest BCUT2D eigenvalue weighted by molar-refractivity contribution is 7.99. The van der Waals surface area contributed by atoms with Crippen molar-refractivity contribution < 1.29 is 13.6 Å². The van der Waals surface area contributed by atoms with Crippen LogP contribution in [-0.2, 0) is 4.79 Å². The highest BCUT2D eigenvalue weighted by atomic mass is 35.5. The zero-order chi connectivity index (χ0) is 23.5. The first kappa shape index (κ1) is 22.6. The van der Waals surface area contributed by atoms with E-state index in [1.54, 1.807) is 47.9 Å². The van der Waals surface area contributed by atoms with E-state index in [2.05, 4.69) is 21.6 Å². The van der Waals surface area contributed by atoms with Crippen molar-refractivity contribution in [3.8, 4) is 23.2 Å². The molecular weight excluding hydrogens is 465 g/mol. The van der Waals surface area contributed by atoms with Crippen LogP contribution in [0.1, 0.15) is 16.8 Å². The number of carbonyl (C=O) groups is 1. The van der Waals surface area contributed by atoms with Gasteiger partial charge < -0.3 is 9.73 Å². The van der Waals surface area contributed by atoms with E-state index in [0.29, 0.717) is 33.5 Å². The van der Waals surface area contributed by atoms with Gasteiger partial charge in [-0.25, -0.2) is 4.39 Å². The van der Waals surface area contributed by atoms with Gasteiger partial charge in [-0.15, -0.1) is 10.2 Å². The summed E-state index contributed by atoms with van der Waals surface area (Å²) in [6, 6.07) is 15.0. The van der Waals surface area contributed by atoms with Crippen LogP contribution in [0.15, 0.2) is 58.2 Å². The van der Waals surface area contributed by atoms with E-state index in [1.807, 2.05) is 6.92 Å². The maximum absolute atomic E-state index is 13.4. The van der Waals surface area contributed by atoms with Crippen LogP contribution in [0.2, 0.25) is 5.02 Å². The summed E-state index contributed by atoms with van der Waals surface area (Å²) < 4.78 is 20.7. The Bertz CT molecular complexity index is 1370. The Balaban J connectivity index is 1.52. The molecule has 1 amide bonds. The molecule has 0 fully saturated rings. The molecule has 2 aromatic heterocycles. The van der Waals surface area contributed by atoms with Crippen molar-refractivity contribution in [3.63, 3.8) is 0 Å². The predicted octanol–water partition coefficient (Wildman–Crippen LogP) is 5.54. The molecular formula is C23H17ClFN5O2S. The molecule has 0 aliphatic carbocycles. The third-order valence-electron chi connectivity index (χ3n) is 4.97. The molecule has 0 atom stereocenters. The summed E-state index contributed by atoms with van der Waals surface area (Å²) in [6.07, 6.45) is 0. The Morgan fingerprint density at radius 3 is 2.70 bits per heavy atom. The van der Waals surface area contributed by atoms with E-state index in [0.717, 1.165) is 23.0 Å².